The first-order valence-corrected chi connectivity index (χ1v) is 6.91. The number of hydrogen-bond donors (Lipinski definition) is 0. The quantitative estimate of drug-likeness (QED) is 0.436. The van der Waals surface area contributed by atoms with Crippen LogP contribution in [0.1, 0.15) is 64.2 Å². The van der Waals surface area contributed by atoms with Gasteiger partial charge in [0, 0.05) is 0 Å². The number of hydrogen-bond acceptors (Lipinski definition) is 0. The molecule has 1 aromatic rings. The van der Waals surface area contributed by atoms with Crippen LogP contribution in [0, 0.1) is 6.07 Å². The molecule has 1 aromatic carbocycles. The molecule has 1 heteroatoms. The molecule has 0 aromatic heterocycles. The van der Waals surface area contributed by atoms with Gasteiger partial charge >= 0.3 is 21.7 Å². The summed E-state index contributed by atoms with van der Waals surface area (Å²) in [7, 11) is 0. The van der Waals surface area contributed by atoms with E-state index in [1.807, 2.05) is 30.3 Å². The molecule has 0 atom stereocenters. The van der Waals surface area contributed by atoms with Gasteiger partial charge in [-0.1, -0.05) is 64.2 Å². The van der Waals surface area contributed by atoms with Gasteiger partial charge in [0.05, 0.1) is 0 Å². The maximum Gasteiger partial charge on any atom is 3.00 e. The third-order valence-electron chi connectivity index (χ3n) is 3.11. The smallest absolute Gasteiger partial charge is 0.184 e. The Hall–Kier alpha value is -0.0657. The van der Waals surface area contributed by atoms with Gasteiger partial charge < -0.3 is 0 Å². The number of benzene rings is 1. The van der Waals surface area contributed by atoms with Gasteiger partial charge in [0.1, 0.15) is 0 Å². The fraction of sp³-hybridized carbons (Fsp3) is 0.625. The summed E-state index contributed by atoms with van der Waals surface area (Å²) in [5.41, 5.74) is 0. The Kier molecular flexibility index (Phi) is 13.9. The Morgan fingerprint density at radius 2 is 0.765 bits per heavy atom. The van der Waals surface area contributed by atoms with Crippen molar-refractivity contribution in [1.29, 1.82) is 0 Å². The zero-order valence-corrected chi connectivity index (χ0v) is 12.5. The molecule has 17 heavy (non-hydrogen) atoms. The fourth-order valence-electron chi connectivity index (χ4n) is 2.11. The zero-order chi connectivity index (χ0) is 11.3. The minimum absolute atomic E-state index is 0. The summed E-state index contributed by atoms with van der Waals surface area (Å²) < 4.78 is 0. The fourth-order valence-corrected chi connectivity index (χ4v) is 2.11. The molecule has 2 aliphatic carbocycles. The van der Waals surface area contributed by atoms with Crippen LogP contribution in [0.4, 0.5) is 0 Å². The topological polar surface area (TPSA) is 0 Å². The molecule has 2 aliphatic rings. The van der Waals surface area contributed by atoms with Crippen molar-refractivity contribution in [1.82, 2.24) is 0 Å². The Balaban J connectivity index is 0.000000221. The van der Waals surface area contributed by atoms with E-state index in [1.165, 1.54) is 64.2 Å². The molecular weight excluding hydrogens is 240 g/mol. The summed E-state index contributed by atoms with van der Waals surface area (Å²) in [6.45, 7) is 0. The van der Waals surface area contributed by atoms with Crippen LogP contribution >= 0.6 is 0 Å². The second-order valence-electron chi connectivity index (χ2n) is 4.61. The molecular formula is C16H25Ti+2. The van der Waals surface area contributed by atoms with Crippen molar-refractivity contribution in [3.63, 3.8) is 0 Å². The maximum absolute atomic E-state index is 2.89. The Labute approximate surface area is 122 Å². The molecule has 2 saturated carbocycles. The summed E-state index contributed by atoms with van der Waals surface area (Å²) in [6.07, 6.45) is 15.0. The summed E-state index contributed by atoms with van der Waals surface area (Å²) >= 11 is 0. The first-order chi connectivity index (χ1) is 8.00. The van der Waals surface area contributed by atoms with Crippen LogP contribution in [0.2, 0.25) is 0 Å². The van der Waals surface area contributed by atoms with E-state index >= 15 is 0 Å². The molecule has 0 aliphatic heterocycles. The van der Waals surface area contributed by atoms with Crippen LogP contribution in [0.15, 0.2) is 30.3 Å². The van der Waals surface area contributed by atoms with Crippen molar-refractivity contribution < 1.29 is 21.7 Å². The van der Waals surface area contributed by atoms with Crippen LogP contribution in [0.3, 0.4) is 0 Å². The molecule has 0 bridgehead atoms. The molecule has 0 saturated heterocycles. The van der Waals surface area contributed by atoms with Crippen molar-refractivity contribution in [3.8, 4) is 0 Å². The summed E-state index contributed by atoms with van der Waals surface area (Å²) in [4.78, 5) is 0. The molecule has 91 valence electrons. The first-order valence-electron chi connectivity index (χ1n) is 6.91. The molecule has 0 N–H and O–H groups in total. The number of rotatable bonds is 0. The van der Waals surface area contributed by atoms with E-state index in [9.17, 15) is 0 Å². The molecule has 1 radical (unpaired) electrons. The predicted molar refractivity (Wildman–Crippen MR) is 71.4 cm³/mol. The van der Waals surface area contributed by atoms with Crippen molar-refractivity contribution in [2.75, 3.05) is 0 Å². The maximum atomic E-state index is 2.89. The Morgan fingerprint density at radius 1 is 0.471 bits per heavy atom. The van der Waals surface area contributed by atoms with E-state index in [0.29, 0.717) is 0 Å². The van der Waals surface area contributed by atoms with E-state index in [1.54, 1.807) is 0 Å². The van der Waals surface area contributed by atoms with Crippen LogP contribution < -0.4 is 0 Å². The van der Waals surface area contributed by atoms with Gasteiger partial charge in [0.25, 0.3) is 0 Å². The van der Waals surface area contributed by atoms with Gasteiger partial charge in [-0.3, -0.25) is 0 Å². The average Bonchev–Trinajstić information content (AvgIpc) is 3.10. The minimum Gasteiger partial charge on any atom is -0.184 e. The molecule has 2 fully saturated rings. The van der Waals surface area contributed by atoms with Crippen LogP contribution in [0.5, 0.6) is 0 Å². The average molecular weight is 265 g/mol. The molecule has 0 heterocycles. The van der Waals surface area contributed by atoms with E-state index in [0.717, 1.165) is 0 Å². The molecule has 0 spiro atoms. The van der Waals surface area contributed by atoms with Gasteiger partial charge in [-0.05, 0) is 0 Å². The van der Waals surface area contributed by atoms with Crippen molar-refractivity contribution in [2.45, 2.75) is 64.2 Å². The molecule has 0 nitrogen and oxygen atoms in total. The molecule has 0 amide bonds. The summed E-state index contributed by atoms with van der Waals surface area (Å²) in [5.74, 6) is 0. The second-order valence-corrected chi connectivity index (χ2v) is 4.61. The molecule has 0 unspecified atom stereocenters. The van der Waals surface area contributed by atoms with E-state index in [-0.39, 0.29) is 21.7 Å². The Bertz CT molecular complexity index is 160. The van der Waals surface area contributed by atoms with Gasteiger partial charge in [-0.2, -0.15) is 36.4 Å². The van der Waals surface area contributed by atoms with E-state index in [2.05, 4.69) is 6.07 Å². The third-order valence-corrected chi connectivity index (χ3v) is 3.11. The molecule has 3 rings (SSSR count). The summed E-state index contributed by atoms with van der Waals surface area (Å²) in [5, 5.41) is 0. The summed E-state index contributed by atoms with van der Waals surface area (Å²) in [6, 6.07) is 12.5. The Morgan fingerprint density at radius 3 is 0.882 bits per heavy atom. The largest absolute Gasteiger partial charge is 3.00 e. The zero-order valence-electron chi connectivity index (χ0n) is 11.0. The monoisotopic (exact) mass is 265 g/mol. The second kappa shape index (κ2) is 14.0. The third kappa shape index (κ3) is 12.2. The van der Waals surface area contributed by atoms with Gasteiger partial charge in [-0.25, -0.2) is 0 Å². The van der Waals surface area contributed by atoms with Crippen LogP contribution in [-0.2, 0) is 21.7 Å². The predicted octanol–water partition coefficient (Wildman–Crippen LogP) is 5.39. The van der Waals surface area contributed by atoms with Crippen molar-refractivity contribution in [2.24, 2.45) is 0 Å². The van der Waals surface area contributed by atoms with Crippen molar-refractivity contribution >= 4 is 0 Å². The first kappa shape index (κ1) is 16.9. The van der Waals surface area contributed by atoms with Crippen molar-refractivity contribution in [3.05, 3.63) is 36.4 Å². The minimum atomic E-state index is 0. The normalized spacial score (nSPS) is 16.9. The van der Waals surface area contributed by atoms with Gasteiger partial charge in [0.15, 0.2) is 0 Å². The standard InChI is InChI=1S/C6H5.2C5H10.Ti/c1-2-4-6-5-3-1;2*1-2-4-5-3-1;/h1-5H;2*1-5H2;/q-1;;;+3. The van der Waals surface area contributed by atoms with Gasteiger partial charge in [0.2, 0.25) is 0 Å². The van der Waals surface area contributed by atoms with Gasteiger partial charge in [-0.15, -0.1) is 0 Å². The van der Waals surface area contributed by atoms with Crippen LogP contribution in [0.25, 0.3) is 0 Å². The van der Waals surface area contributed by atoms with E-state index < -0.39 is 0 Å². The van der Waals surface area contributed by atoms with Crippen LogP contribution in [-0.4, -0.2) is 0 Å². The SMILES string of the molecule is C1CCCC1.C1CCCC1.[Ti+3].[c-]1ccccc1. The van der Waals surface area contributed by atoms with E-state index in [4.69, 9.17) is 0 Å².